The fourth-order valence-corrected chi connectivity index (χ4v) is 4.80. The van der Waals surface area contributed by atoms with E-state index in [1.54, 1.807) is 12.3 Å². The molecule has 0 unspecified atom stereocenters. The summed E-state index contributed by atoms with van der Waals surface area (Å²) in [6, 6.07) is 7.22. The number of hydrogen-bond acceptors (Lipinski definition) is 6. The highest BCUT2D eigenvalue weighted by Gasteiger charge is 2.26. The first-order valence-corrected chi connectivity index (χ1v) is 11.8. The summed E-state index contributed by atoms with van der Waals surface area (Å²) < 4.78 is 29.3. The third-order valence-corrected chi connectivity index (χ3v) is 6.53. The standard InChI is InChI=1S/C24H23F2IN4O3/c25-15-5-14(6-16(27)9-15)21(11-32)31-24(34)18-4-2-13(8-19(18)26)22-23(28)29-10-20(30-22)12-1-3-17(33)7-12/h2,4-6,8-10,12,17,21,32-33H,1,3,7,11H2,(H2,28,29)(H,31,34)/t12-,17+,21+/m0/s1. The number of hydrogen-bond donors (Lipinski definition) is 4. The first-order valence-electron chi connectivity index (χ1n) is 10.7. The van der Waals surface area contributed by atoms with Gasteiger partial charge in [-0.1, -0.05) is 6.07 Å². The third-order valence-electron chi connectivity index (χ3n) is 5.90. The number of benzene rings is 2. The van der Waals surface area contributed by atoms with E-state index in [-0.39, 0.29) is 23.4 Å². The zero-order chi connectivity index (χ0) is 24.4. The van der Waals surface area contributed by atoms with E-state index in [2.05, 4.69) is 15.3 Å². The van der Waals surface area contributed by atoms with Gasteiger partial charge in [-0.3, -0.25) is 4.79 Å². The van der Waals surface area contributed by atoms with Crippen LogP contribution in [0.5, 0.6) is 0 Å². The predicted octanol–water partition coefficient (Wildman–Crippen LogP) is 3.70. The number of halogens is 3. The van der Waals surface area contributed by atoms with Crippen molar-refractivity contribution in [3.05, 3.63) is 74.6 Å². The molecule has 3 aromatic rings. The summed E-state index contributed by atoms with van der Waals surface area (Å²) in [7, 11) is 0. The Kier molecular flexibility index (Phi) is 7.39. The van der Waals surface area contributed by atoms with Crippen molar-refractivity contribution >= 4 is 34.3 Å². The molecule has 7 nitrogen and oxygen atoms in total. The highest BCUT2D eigenvalue weighted by molar-refractivity contribution is 14.1. The van der Waals surface area contributed by atoms with Gasteiger partial charge in [0.1, 0.15) is 23.1 Å². The number of carbonyl (C=O) groups excluding carboxylic acids is 1. The minimum atomic E-state index is -0.907. The summed E-state index contributed by atoms with van der Waals surface area (Å²) in [6.45, 7) is -0.486. The van der Waals surface area contributed by atoms with E-state index < -0.39 is 30.2 Å². The number of nitrogens with two attached hydrogens (primary N) is 1. The fraction of sp³-hybridized carbons (Fsp3) is 0.292. The molecule has 3 atom stereocenters. The number of aliphatic hydroxyl groups is 2. The number of nitrogens with one attached hydrogen (secondary N) is 1. The molecule has 2 aromatic carbocycles. The summed E-state index contributed by atoms with van der Waals surface area (Å²) in [5.74, 6) is -1.88. The molecule has 1 saturated carbocycles. The maximum absolute atomic E-state index is 14.9. The van der Waals surface area contributed by atoms with Gasteiger partial charge >= 0.3 is 0 Å². The van der Waals surface area contributed by atoms with E-state index >= 15 is 0 Å². The molecule has 0 aliphatic heterocycles. The Bertz CT molecular complexity index is 1210. The zero-order valence-electron chi connectivity index (χ0n) is 18.0. The van der Waals surface area contributed by atoms with Crippen molar-refractivity contribution in [2.45, 2.75) is 37.3 Å². The molecule has 1 fully saturated rings. The second-order valence-electron chi connectivity index (χ2n) is 8.30. The Morgan fingerprint density at radius 3 is 2.68 bits per heavy atom. The van der Waals surface area contributed by atoms with Gasteiger partial charge in [0.25, 0.3) is 5.91 Å². The van der Waals surface area contributed by atoms with E-state index in [9.17, 15) is 23.8 Å². The quantitative estimate of drug-likeness (QED) is 0.330. The van der Waals surface area contributed by atoms with E-state index in [4.69, 9.17) is 5.73 Å². The number of nitrogens with zero attached hydrogens (tertiary/aromatic N) is 2. The van der Waals surface area contributed by atoms with Gasteiger partial charge in [-0.2, -0.15) is 0 Å². The average molecular weight is 580 g/mol. The van der Waals surface area contributed by atoms with Crippen molar-refractivity contribution in [3.8, 4) is 11.3 Å². The van der Waals surface area contributed by atoms with Crippen LogP contribution in [0.1, 0.15) is 52.8 Å². The minimum absolute atomic E-state index is 0.0537. The second-order valence-corrected chi connectivity index (χ2v) is 9.54. The Morgan fingerprint density at radius 2 is 2.03 bits per heavy atom. The number of aromatic nitrogens is 2. The number of rotatable bonds is 6. The van der Waals surface area contributed by atoms with Crippen molar-refractivity contribution in [1.82, 2.24) is 15.3 Å². The van der Waals surface area contributed by atoms with Crippen molar-refractivity contribution in [2.24, 2.45) is 0 Å². The summed E-state index contributed by atoms with van der Waals surface area (Å²) >= 11 is 1.93. The molecule has 178 valence electrons. The number of amides is 1. The van der Waals surface area contributed by atoms with Crippen LogP contribution in [0.3, 0.4) is 0 Å². The molecule has 1 amide bonds. The molecule has 34 heavy (non-hydrogen) atoms. The highest BCUT2D eigenvalue weighted by atomic mass is 127. The van der Waals surface area contributed by atoms with Crippen LogP contribution in [-0.4, -0.2) is 38.8 Å². The Balaban J connectivity index is 1.57. The van der Waals surface area contributed by atoms with Gasteiger partial charge in [-0.15, -0.1) is 0 Å². The topological polar surface area (TPSA) is 121 Å². The highest BCUT2D eigenvalue weighted by Crippen LogP contribution is 2.35. The summed E-state index contributed by atoms with van der Waals surface area (Å²) in [5.41, 5.74) is 7.45. The van der Waals surface area contributed by atoms with Crippen molar-refractivity contribution in [1.29, 1.82) is 0 Å². The van der Waals surface area contributed by atoms with Crippen LogP contribution < -0.4 is 11.1 Å². The Morgan fingerprint density at radius 1 is 1.24 bits per heavy atom. The van der Waals surface area contributed by atoms with Crippen molar-refractivity contribution < 1.29 is 23.8 Å². The van der Waals surface area contributed by atoms with Crippen LogP contribution in [-0.2, 0) is 0 Å². The van der Waals surface area contributed by atoms with Crippen molar-refractivity contribution in [2.75, 3.05) is 12.3 Å². The van der Waals surface area contributed by atoms with Crippen LogP contribution in [0.15, 0.2) is 42.6 Å². The van der Waals surface area contributed by atoms with Crippen LogP contribution >= 0.6 is 22.6 Å². The average Bonchev–Trinajstić information content (AvgIpc) is 3.23. The van der Waals surface area contributed by atoms with E-state index in [0.29, 0.717) is 38.9 Å². The first kappa shape index (κ1) is 24.4. The molecule has 1 aliphatic carbocycles. The van der Waals surface area contributed by atoms with E-state index in [0.717, 1.165) is 12.5 Å². The molecule has 1 aromatic heterocycles. The predicted molar refractivity (Wildman–Crippen MR) is 131 cm³/mol. The lowest BCUT2D eigenvalue weighted by molar-refractivity contribution is 0.0912. The molecule has 5 N–H and O–H groups in total. The maximum Gasteiger partial charge on any atom is 0.254 e. The number of nitrogen functional groups attached to an aromatic ring is 1. The first-order chi connectivity index (χ1) is 16.2. The summed E-state index contributed by atoms with van der Waals surface area (Å²) in [5, 5.41) is 22.0. The fourth-order valence-electron chi connectivity index (χ4n) is 4.14. The lowest BCUT2D eigenvalue weighted by atomic mass is 10.0. The Hall–Kier alpha value is -2.70. The molecule has 10 heteroatoms. The molecular weight excluding hydrogens is 557 g/mol. The van der Waals surface area contributed by atoms with E-state index in [1.165, 1.54) is 24.3 Å². The smallest absolute Gasteiger partial charge is 0.254 e. The second kappa shape index (κ2) is 10.3. The SMILES string of the molecule is Nc1ncc([C@H]2CC[C@@H](O)C2)nc1-c1ccc(C(=O)N[C@H](CO)c2cc(F)cc(I)c2)c(F)c1. The normalized spacial score (nSPS) is 18.6. The number of anilines is 1. The van der Waals surface area contributed by atoms with Crippen molar-refractivity contribution in [3.63, 3.8) is 0 Å². The maximum atomic E-state index is 14.9. The monoisotopic (exact) mass is 580 g/mol. The lowest BCUT2D eigenvalue weighted by Crippen LogP contribution is -2.31. The van der Waals surface area contributed by atoms with Gasteiger partial charge in [-0.05, 0) is 77.7 Å². The molecule has 0 radical (unpaired) electrons. The lowest BCUT2D eigenvalue weighted by Gasteiger charge is -2.18. The minimum Gasteiger partial charge on any atom is -0.394 e. The Labute approximate surface area is 208 Å². The van der Waals surface area contributed by atoms with Gasteiger partial charge < -0.3 is 21.3 Å². The molecule has 1 heterocycles. The van der Waals surface area contributed by atoms with Crippen LogP contribution in [0.25, 0.3) is 11.3 Å². The largest absolute Gasteiger partial charge is 0.394 e. The zero-order valence-corrected chi connectivity index (χ0v) is 20.2. The summed E-state index contributed by atoms with van der Waals surface area (Å²) in [4.78, 5) is 21.5. The molecular formula is C24H23F2IN4O3. The van der Waals surface area contributed by atoms with Gasteiger partial charge in [0, 0.05) is 15.1 Å². The number of carbonyl (C=O) groups is 1. The molecule has 0 bridgehead atoms. The molecule has 0 saturated heterocycles. The van der Waals surface area contributed by atoms with Gasteiger partial charge in [0.05, 0.1) is 36.2 Å². The molecule has 0 spiro atoms. The van der Waals surface area contributed by atoms with Gasteiger partial charge in [-0.25, -0.2) is 18.7 Å². The van der Waals surface area contributed by atoms with Crippen LogP contribution in [0, 0.1) is 15.2 Å². The molecule has 1 aliphatic rings. The molecule has 4 rings (SSSR count). The van der Waals surface area contributed by atoms with Gasteiger partial charge in [0.15, 0.2) is 0 Å². The third kappa shape index (κ3) is 5.34. The number of aliphatic hydroxyl groups excluding tert-OH is 2. The van der Waals surface area contributed by atoms with E-state index in [1.807, 2.05) is 22.6 Å². The van der Waals surface area contributed by atoms with Gasteiger partial charge in [0.2, 0.25) is 0 Å². The van der Waals surface area contributed by atoms with Crippen LogP contribution in [0.2, 0.25) is 0 Å². The van der Waals surface area contributed by atoms with Crippen LogP contribution in [0.4, 0.5) is 14.6 Å². The summed E-state index contributed by atoms with van der Waals surface area (Å²) in [6.07, 6.45) is 3.25.